The van der Waals surface area contributed by atoms with Gasteiger partial charge in [-0.1, -0.05) is 0 Å². The third-order valence-corrected chi connectivity index (χ3v) is 3.10. The molecular weight excluding hydrogens is 204 g/mol. The summed E-state index contributed by atoms with van der Waals surface area (Å²) in [5, 5.41) is 2.68. The molecule has 0 saturated heterocycles. The minimum Gasteiger partial charge on any atom is -0.330 e. The molecule has 0 aliphatic heterocycles. The molecule has 2 aromatic rings. The molecule has 0 aliphatic carbocycles. The van der Waals surface area contributed by atoms with Crippen molar-refractivity contribution >= 4 is 21.4 Å². The number of benzene rings is 1. The van der Waals surface area contributed by atoms with Gasteiger partial charge in [-0.2, -0.15) is 0 Å². The van der Waals surface area contributed by atoms with E-state index in [1.165, 1.54) is 23.5 Å². The molecule has 1 heterocycles. The number of nitrogens with two attached hydrogens (primary N) is 1. The van der Waals surface area contributed by atoms with Crippen LogP contribution in [0.15, 0.2) is 17.5 Å². The van der Waals surface area contributed by atoms with Crippen LogP contribution in [-0.4, -0.2) is 6.54 Å². The van der Waals surface area contributed by atoms with Crippen molar-refractivity contribution in [3.63, 3.8) is 0 Å². The predicted molar refractivity (Wildman–Crippen MR) is 54.5 cm³/mol. The number of thiophene rings is 1. The lowest BCUT2D eigenvalue weighted by Gasteiger charge is -1.97. The quantitative estimate of drug-likeness (QED) is 0.815. The van der Waals surface area contributed by atoms with E-state index < -0.39 is 11.6 Å². The Morgan fingerprint density at radius 3 is 2.64 bits per heavy atom. The van der Waals surface area contributed by atoms with E-state index in [0.29, 0.717) is 13.0 Å². The first-order chi connectivity index (χ1) is 6.72. The van der Waals surface area contributed by atoms with Gasteiger partial charge in [-0.3, -0.25) is 0 Å². The third kappa shape index (κ3) is 1.51. The molecule has 0 spiro atoms. The lowest BCUT2D eigenvalue weighted by molar-refractivity contribution is 0.511. The Bertz CT molecular complexity index is 464. The minimum atomic E-state index is -0.797. The average Bonchev–Trinajstić information content (AvgIpc) is 2.51. The Morgan fingerprint density at radius 1 is 1.21 bits per heavy atom. The van der Waals surface area contributed by atoms with Crippen molar-refractivity contribution in [3.05, 3.63) is 34.7 Å². The number of hydrogen-bond acceptors (Lipinski definition) is 2. The maximum Gasteiger partial charge on any atom is 0.160 e. The average molecular weight is 213 g/mol. The minimum absolute atomic E-state index is 0.519. The van der Waals surface area contributed by atoms with Crippen LogP contribution in [-0.2, 0) is 6.42 Å². The molecule has 1 aromatic heterocycles. The maximum absolute atomic E-state index is 12.9. The van der Waals surface area contributed by atoms with Crippen molar-refractivity contribution in [2.24, 2.45) is 5.73 Å². The molecule has 14 heavy (non-hydrogen) atoms. The van der Waals surface area contributed by atoms with Gasteiger partial charge < -0.3 is 5.73 Å². The predicted octanol–water partition coefficient (Wildman–Crippen LogP) is 2.68. The number of rotatable bonds is 2. The van der Waals surface area contributed by atoms with E-state index in [2.05, 4.69) is 0 Å². The Balaban J connectivity index is 2.61. The fourth-order valence-electron chi connectivity index (χ4n) is 1.42. The largest absolute Gasteiger partial charge is 0.330 e. The molecule has 0 aliphatic rings. The van der Waals surface area contributed by atoms with Gasteiger partial charge in [-0.15, -0.1) is 11.3 Å². The molecule has 0 radical (unpaired) electrons. The van der Waals surface area contributed by atoms with Crippen molar-refractivity contribution in [3.8, 4) is 0 Å². The molecular formula is C10H9F2NS. The topological polar surface area (TPSA) is 26.0 Å². The monoisotopic (exact) mass is 213 g/mol. The van der Waals surface area contributed by atoms with Gasteiger partial charge in [0, 0.05) is 4.70 Å². The SMILES string of the molecule is NCCc1csc2cc(F)c(F)cc12. The number of fused-ring (bicyclic) bond motifs is 1. The molecule has 2 rings (SSSR count). The van der Waals surface area contributed by atoms with Crippen LogP contribution < -0.4 is 5.73 Å². The molecule has 0 amide bonds. The standard InChI is InChI=1S/C10H9F2NS/c11-8-3-7-6(1-2-13)5-14-10(7)4-9(8)12/h3-5H,1-2,13H2. The van der Waals surface area contributed by atoms with Crippen LogP contribution in [0.2, 0.25) is 0 Å². The van der Waals surface area contributed by atoms with Crippen LogP contribution in [0.25, 0.3) is 10.1 Å². The molecule has 74 valence electrons. The van der Waals surface area contributed by atoms with Crippen molar-refractivity contribution in [2.75, 3.05) is 6.54 Å². The number of halogens is 2. The van der Waals surface area contributed by atoms with E-state index in [0.717, 1.165) is 15.6 Å². The van der Waals surface area contributed by atoms with E-state index in [-0.39, 0.29) is 0 Å². The van der Waals surface area contributed by atoms with Crippen molar-refractivity contribution in [2.45, 2.75) is 6.42 Å². The first-order valence-corrected chi connectivity index (χ1v) is 5.15. The second-order valence-corrected chi connectivity index (χ2v) is 3.97. The second-order valence-electron chi connectivity index (χ2n) is 3.06. The number of hydrogen-bond donors (Lipinski definition) is 1. The lowest BCUT2D eigenvalue weighted by Crippen LogP contribution is -2.01. The van der Waals surface area contributed by atoms with Crippen LogP contribution in [0.5, 0.6) is 0 Å². The summed E-state index contributed by atoms with van der Waals surface area (Å²) < 4.78 is 26.6. The summed E-state index contributed by atoms with van der Waals surface area (Å²) in [5.41, 5.74) is 6.41. The Hall–Kier alpha value is -1.00. The Labute approximate surface area is 84.2 Å². The smallest absolute Gasteiger partial charge is 0.160 e. The van der Waals surface area contributed by atoms with Gasteiger partial charge in [0.2, 0.25) is 0 Å². The fourth-order valence-corrected chi connectivity index (χ4v) is 2.43. The molecule has 1 nitrogen and oxygen atoms in total. The highest BCUT2D eigenvalue weighted by Crippen LogP contribution is 2.28. The van der Waals surface area contributed by atoms with Crippen LogP contribution in [0, 0.1) is 11.6 Å². The third-order valence-electron chi connectivity index (χ3n) is 2.11. The fraction of sp³-hybridized carbons (Fsp3) is 0.200. The molecule has 0 unspecified atom stereocenters. The summed E-state index contributed by atoms with van der Waals surface area (Å²) in [6.07, 6.45) is 0.699. The van der Waals surface area contributed by atoms with Gasteiger partial charge in [0.15, 0.2) is 11.6 Å². The first kappa shape index (κ1) is 9.55. The molecule has 0 saturated carbocycles. The van der Waals surface area contributed by atoms with E-state index in [1.54, 1.807) is 0 Å². The summed E-state index contributed by atoms with van der Waals surface area (Å²) >= 11 is 1.41. The summed E-state index contributed by atoms with van der Waals surface area (Å²) in [5.74, 6) is -1.59. The highest BCUT2D eigenvalue weighted by Gasteiger charge is 2.08. The second kappa shape index (κ2) is 3.63. The van der Waals surface area contributed by atoms with Gasteiger partial charge in [0.25, 0.3) is 0 Å². The molecule has 0 atom stereocenters. The first-order valence-electron chi connectivity index (χ1n) is 4.27. The molecule has 0 bridgehead atoms. The van der Waals surface area contributed by atoms with E-state index >= 15 is 0 Å². The summed E-state index contributed by atoms with van der Waals surface area (Å²) in [6, 6.07) is 2.47. The molecule has 0 fully saturated rings. The van der Waals surface area contributed by atoms with Gasteiger partial charge in [0.1, 0.15) is 0 Å². The van der Waals surface area contributed by atoms with Crippen LogP contribution in [0.3, 0.4) is 0 Å². The van der Waals surface area contributed by atoms with Gasteiger partial charge >= 0.3 is 0 Å². The van der Waals surface area contributed by atoms with Crippen LogP contribution in [0.4, 0.5) is 8.78 Å². The van der Waals surface area contributed by atoms with Gasteiger partial charge in [0.05, 0.1) is 0 Å². The zero-order valence-corrected chi connectivity index (χ0v) is 8.20. The molecule has 2 N–H and O–H groups in total. The Kier molecular flexibility index (Phi) is 2.48. The van der Waals surface area contributed by atoms with Gasteiger partial charge in [-0.25, -0.2) is 8.78 Å². The van der Waals surface area contributed by atoms with E-state index in [9.17, 15) is 8.78 Å². The van der Waals surface area contributed by atoms with E-state index in [4.69, 9.17) is 5.73 Å². The van der Waals surface area contributed by atoms with E-state index in [1.807, 2.05) is 5.38 Å². The summed E-state index contributed by atoms with van der Waals surface area (Å²) in [7, 11) is 0. The summed E-state index contributed by atoms with van der Waals surface area (Å²) in [6.45, 7) is 0.519. The zero-order chi connectivity index (χ0) is 10.1. The van der Waals surface area contributed by atoms with Crippen molar-refractivity contribution in [1.29, 1.82) is 0 Å². The normalized spacial score (nSPS) is 11.1. The zero-order valence-electron chi connectivity index (χ0n) is 7.39. The van der Waals surface area contributed by atoms with Gasteiger partial charge in [-0.05, 0) is 41.4 Å². The highest BCUT2D eigenvalue weighted by molar-refractivity contribution is 7.17. The van der Waals surface area contributed by atoms with Crippen LogP contribution >= 0.6 is 11.3 Å². The maximum atomic E-state index is 12.9. The summed E-state index contributed by atoms with van der Waals surface area (Å²) in [4.78, 5) is 0. The Morgan fingerprint density at radius 2 is 1.93 bits per heavy atom. The van der Waals surface area contributed by atoms with Crippen molar-refractivity contribution in [1.82, 2.24) is 0 Å². The lowest BCUT2D eigenvalue weighted by atomic mass is 10.1. The highest BCUT2D eigenvalue weighted by atomic mass is 32.1. The van der Waals surface area contributed by atoms with Crippen molar-refractivity contribution < 1.29 is 8.78 Å². The van der Waals surface area contributed by atoms with Crippen LogP contribution in [0.1, 0.15) is 5.56 Å². The molecule has 4 heteroatoms. The molecule has 1 aromatic carbocycles.